The van der Waals surface area contributed by atoms with Crippen LogP contribution in [-0.4, -0.2) is 15.7 Å². The molecule has 1 aromatic heterocycles. The third-order valence-corrected chi connectivity index (χ3v) is 4.97. The van der Waals surface area contributed by atoms with E-state index < -0.39 is 22.5 Å². The van der Waals surface area contributed by atoms with E-state index in [2.05, 4.69) is 10.3 Å². The fourth-order valence-corrected chi connectivity index (χ4v) is 3.83. The van der Waals surface area contributed by atoms with Crippen molar-refractivity contribution in [3.8, 4) is 0 Å². The van der Waals surface area contributed by atoms with Crippen LogP contribution >= 0.6 is 0 Å². The molecule has 3 nitrogen and oxygen atoms in total. The SMILES string of the molecule is O=S1Cc2ccc(NCCc3ccc(C(F)(F)F)cn3)cc2C1. The highest BCUT2D eigenvalue weighted by molar-refractivity contribution is 7.83. The minimum absolute atomic E-state index is 0.529. The molecule has 1 aliphatic rings. The molecule has 0 saturated heterocycles. The molecule has 1 N–H and O–H groups in total. The summed E-state index contributed by atoms with van der Waals surface area (Å²) in [5, 5.41) is 3.22. The molecule has 23 heavy (non-hydrogen) atoms. The third kappa shape index (κ3) is 3.90. The average molecular weight is 340 g/mol. The highest BCUT2D eigenvalue weighted by atomic mass is 32.2. The van der Waals surface area contributed by atoms with E-state index in [0.717, 1.165) is 29.1 Å². The fraction of sp³-hybridized carbons (Fsp3) is 0.312. The zero-order valence-electron chi connectivity index (χ0n) is 12.2. The Morgan fingerprint density at radius 1 is 1.13 bits per heavy atom. The van der Waals surface area contributed by atoms with E-state index in [9.17, 15) is 17.4 Å². The Kier molecular flexibility index (Phi) is 4.39. The number of hydrogen-bond donors (Lipinski definition) is 1. The Morgan fingerprint density at radius 3 is 2.61 bits per heavy atom. The van der Waals surface area contributed by atoms with Crippen molar-refractivity contribution in [1.29, 1.82) is 0 Å². The van der Waals surface area contributed by atoms with Gasteiger partial charge in [-0.3, -0.25) is 9.19 Å². The van der Waals surface area contributed by atoms with Crippen LogP contribution in [0.2, 0.25) is 0 Å². The standard InChI is InChI=1S/C16H15F3N2OS/c17-16(18,19)13-2-4-14(21-8-13)5-6-20-15-3-1-11-9-23(22)10-12(11)7-15/h1-4,7-8,20H,5-6,9-10H2. The summed E-state index contributed by atoms with van der Waals surface area (Å²) in [6.45, 7) is 0.570. The smallest absolute Gasteiger partial charge is 0.385 e. The summed E-state index contributed by atoms with van der Waals surface area (Å²) in [6, 6.07) is 8.34. The molecule has 7 heteroatoms. The van der Waals surface area contributed by atoms with Crippen molar-refractivity contribution in [2.24, 2.45) is 0 Å². The summed E-state index contributed by atoms with van der Waals surface area (Å²) in [6.07, 6.45) is -2.96. The van der Waals surface area contributed by atoms with E-state index in [1.54, 1.807) is 0 Å². The number of nitrogens with zero attached hydrogens (tertiary/aromatic N) is 1. The van der Waals surface area contributed by atoms with E-state index in [1.807, 2.05) is 18.2 Å². The number of halogens is 3. The van der Waals surface area contributed by atoms with Crippen molar-refractivity contribution in [3.63, 3.8) is 0 Å². The summed E-state index contributed by atoms with van der Waals surface area (Å²) in [5.41, 5.74) is 3.02. The van der Waals surface area contributed by atoms with E-state index in [4.69, 9.17) is 0 Å². The van der Waals surface area contributed by atoms with Gasteiger partial charge in [0.2, 0.25) is 0 Å². The number of alkyl halides is 3. The maximum Gasteiger partial charge on any atom is 0.417 e. The number of nitrogens with one attached hydrogen (secondary N) is 1. The predicted octanol–water partition coefficient (Wildman–Crippen LogP) is 3.52. The second-order valence-corrected chi connectivity index (χ2v) is 6.88. The molecule has 0 amide bonds. The van der Waals surface area contributed by atoms with Crippen LogP contribution in [0.1, 0.15) is 22.4 Å². The van der Waals surface area contributed by atoms with Gasteiger partial charge in [-0.2, -0.15) is 13.2 Å². The number of anilines is 1. The number of pyridine rings is 1. The van der Waals surface area contributed by atoms with E-state index in [1.165, 1.54) is 6.07 Å². The molecule has 3 rings (SSSR count). The van der Waals surface area contributed by atoms with Gasteiger partial charge in [-0.25, -0.2) is 0 Å². The van der Waals surface area contributed by atoms with Gasteiger partial charge in [-0.1, -0.05) is 6.07 Å². The van der Waals surface area contributed by atoms with Crippen molar-refractivity contribution >= 4 is 16.5 Å². The van der Waals surface area contributed by atoms with Gasteiger partial charge in [-0.15, -0.1) is 0 Å². The normalized spacial score (nSPS) is 17.1. The highest BCUT2D eigenvalue weighted by Gasteiger charge is 2.30. The summed E-state index contributed by atoms with van der Waals surface area (Å²) in [4.78, 5) is 3.84. The Balaban J connectivity index is 1.56. The molecule has 0 radical (unpaired) electrons. The molecular weight excluding hydrogens is 325 g/mol. The molecular formula is C16H15F3N2OS. The van der Waals surface area contributed by atoms with Crippen LogP contribution in [-0.2, 0) is 34.9 Å². The molecule has 2 heterocycles. The van der Waals surface area contributed by atoms with Crippen molar-refractivity contribution in [2.75, 3.05) is 11.9 Å². The number of rotatable bonds is 4. The lowest BCUT2D eigenvalue weighted by atomic mass is 10.1. The molecule has 0 saturated carbocycles. The largest absolute Gasteiger partial charge is 0.417 e. The molecule has 122 valence electrons. The first kappa shape index (κ1) is 16.0. The third-order valence-electron chi connectivity index (χ3n) is 3.70. The number of fused-ring (bicyclic) bond motifs is 1. The van der Waals surface area contributed by atoms with Gasteiger partial charge >= 0.3 is 6.18 Å². The van der Waals surface area contributed by atoms with Crippen LogP contribution < -0.4 is 5.32 Å². The van der Waals surface area contributed by atoms with Crippen LogP contribution in [0.25, 0.3) is 0 Å². The van der Waals surface area contributed by atoms with Crippen LogP contribution in [0.15, 0.2) is 36.5 Å². The average Bonchev–Trinajstić information content (AvgIpc) is 2.86. The summed E-state index contributed by atoms with van der Waals surface area (Å²) in [7, 11) is -0.802. The highest BCUT2D eigenvalue weighted by Crippen LogP contribution is 2.28. The van der Waals surface area contributed by atoms with Gasteiger partial charge in [0.05, 0.1) is 5.56 Å². The van der Waals surface area contributed by atoms with Gasteiger partial charge in [0.15, 0.2) is 0 Å². The minimum atomic E-state index is -4.35. The Morgan fingerprint density at radius 2 is 1.91 bits per heavy atom. The number of hydrogen-bond acceptors (Lipinski definition) is 3. The zero-order chi connectivity index (χ0) is 16.4. The molecule has 1 unspecified atom stereocenters. The van der Waals surface area contributed by atoms with E-state index >= 15 is 0 Å². The zero-order valence-corrected chi connectivity index (χ0v) is 13.0. The molecule has 0 fully saturated rings. The molecule has 1 aliphatic heterocycles. The van der Waals surface area contributed by atoms with Gasteiger partial charge in [0.25, 0.3) is 0 Å². The van der Waals surface area contributed by atoms with Crippen molar-refractivity contribution in [3.05, 3.63) is 58.9 Å². The predicted molar refractivity (Wildman–Crippen MR) is 83.4 cm³/mol. The van der Waals surface area contributed by atoms with Gasteiger partial charge in [0.1, 0.15) is 0 Å². The first-order chi connectivity index (χ1) is 10.9. The lowest BCUT2D eigenvalue weighted by molar-refractivity contribution is -0.137. The first-order valence-electron chi connectivity index (χ1n) is 7.14. The lowest BCUT2D eigenvalue weighted by Gasteiger charge is -2.09. The molecule has 2 aromatic rings. The van der Waals surface area contributed by atoms with Crippen LogP contribution in [0.3, 0.4) is 0 Å². The Hall–Kier alpha value is -1.89. The van der Waals surface area contributed by atoms with Crippen LogP contribution in [0, 0.1) is 0 Å². The second-order valence-electron chi connectivity index (χ2n) is 5.42. The molecule has 0 aliphatic carbocycles. The molecule has 1 atom stereocenters. The maximum absolute atomic E-state index is 12.5. The quantitative estimate of drug-likeness (QED) is 0.926. The number of benzene rings is 1. The molecule has 1 aromatic carbocycles. The minimum Gasteiger partial charge on any atom is -0.385 e. The van der Waals surface area contributed by atoms with E-state index in [0.29, 0.717) is 30.2 Å². The lowest BCUT2D eigenvalue weighted by Crippen LogP contribution is -2.09. The first-order valence-corrected chi connectivity index (χ1v) is 8.63. The van der Waals surface area contributed by atoms with Gasteiger partial charge in [-0.05, 0) is 35.4 Å². The molecule has 0 bridgehead atoms. The second kappa shape index (κ2) is 6.31. The van der Waals surface area contributed by atoms with Crippen molar-refractivity contribution in [2.45, 2.75) is 24.1 Å². The topological polar surface area (TPSA) is 42.0 Å². The van der Waals surface area contributed by atoms with Crippen LogP contribution in [0.4, 0.5) is 18.9 Å². The number of aromatic nitrogens is 1. The Labute approximate surface area is 134 Å². The molecule has 0 spiro atoms. The Bertz CT molecular complexity index is 729. The maximum atomic E-state index is 12.5. The summed E-state index contributed by atoms with van der Waals surface area (Å²) < 4.78 is 48.9. The van der Waals surface area contributed by atoms with Crippen LogP contribution in [0.5, 0.6) is 0 Å². The van der Waals surface area contributed by atoms with Crippen molar-refractivity contribution in [1.82, 2.24) is 4.98 Å². The van der Waals surface area contributed by atoms with Crippen molar-refractivity contribution < 1.29 is 17.4 Å². The van der Waals surface area contributed by atoms with E-state index in [-0.39, 0.29) is 0 Å². The summed E-state index contributed by atoms with van der Waals surface area (Å²) >= 11 is 0. The fourth-order valence-electron chi connectivity index (χ4n) is 2.48. The van der Waals surface area contributed by atoms with Gasteiger partial charge in [0, 0.05) is 52.8 Å². The monoisotopic (exact) mass is 340 g/mol. The summed E-state index contributed by atoms with van der Waals surface area (Å²) in [5.74, 6) is 1.20. The van der Waals surface area contributed by atoms with Gasteiger partial charge < -0.3 is 5.32 Å².